The van der Waals surface area contributed by atoms with Gasteiger partial charge in [0.25, 0.3) is 0 Å². The summed E-state index contributed by atoms with van der Waals surface area (Å²) in [6, 6.07) is 4.40. The number of ketones is 1. The van der Waals surface area contributed by atoms with E-state index < -0.39 is 21.4 Å². The Balaban J connectivity index is 2.73. The van der Waals surface area contributed by atoms with Crippen LogP contribution in [0.2, 0.25) is 10.0 Å². The first kappa shape index (κ1) is 16.5. The van der Waals surface area contributed by atoms with Gasteiger partial charge in [0.05, 0.1) is 10.8 Å². The van der Waals surface area contributed by atoms with E-state index in [1.165, 1.54) is 18.2 Å². The maximum Gasteiger partial charge on any atom is 0.179 e. The van der Waals surface area contributed by atoms with E-state index in [9.17, 15) is 13.2 Å². The molecule has 0 atom stereocenters. The average molecular weight is 323 g/mol. The number of carbonyl (C=O) groups is 1. The lowest BCUT2D eigenvalue weighted by atomic mass is 10.1. The maximum atomic E-state index is 11.9. The van der Waals surface area contributed by atoms with Gasteiger partial charge in [-0.05, 0) is 24.6 Å². The molecule has 0 aliphatic rings. The van der Waals surface area contributed by atoms with E-state index in [1.807, 2.05) is 6.92 Å². The van der Waals surface area contributed by atoms with Crippen LogP contribution in [0.25, 0.3) is 0 Å². The molecule has 0 saturated heterocycles. The Bertz CT molecular complexity index is 553. The van der Waals surface area contributed by atoms with Crippen molar-refractivity contribution in [1.29, 1.82) is 0 Å². The van der Waals surface area contributed by atoms with Crippen LogP contribution in [-0.2, 0) is 9.84 Å². The molecule has 19 heavy (non-hydrogen) atoms. The minimum atomic E-state index is -3.37. The second-order valence-electron chi connectivity index (χ2n) is 4.35. The summed E-state index contributed by atoms with van der Waals surface area (Å²) >= 11 is 11.6. The van der Waals surface area contributed by atoms with Gasteiger partial charge in [0, 0.05) is 10.6 Å². The number of halogens is 2. The van der Waals surface area contributed by atoms with Crippen molar-refractivity contribution in [3.05, 3.63) is 33.8 Å². The summed E-state index contributed by atoms with van der Waals surface area (Å²) in [5.74, 6) is -0.950. The summed E-state index contributed by atoms with van der Waals surface area (Å²) in [4.78, 5) is 11.9. The van der Waals surface area contributed by atoms with Crippen LogP contribution in [-0.4, -0.2) is 25.7 Å². The molecule has 0 radical (unpaired) electrons. The van der Waals surface area contributed by atoms with Gasteiger partial charge in [0.15, 0.2) is 15.6 Å². The molecule has 0 aromatic heterocycles. The van der Waals surface area contributed by atoms with Gasteiger partial charge in [0.1, 0.15) is 5.75 Å². The van der Waals surface area contributed by atoms with Crippen LogP contribution in [0.3, 0.4) is 0 Å². The van der Waals surface area contributed by atoms with Crippen molar-refractivity contribution in [3.63, 3.8) is 0 Å². The van der Waals surface area contributed by atoms with Crippen molar-refractivity contribution in [2.45, 2.75) is 26.2 Å². The smallest absolute Gasteiger partial charge is 0.179 e. The van der Waals surface area contributed by atoms with Gasteiger partial charge in [-0.1, -0.05) is 43.0 Å². The first-order valence-corrected chi connectivity index (χ1v) is 8.62. The Kier molecular flexibility index (Phi) is 6.30. The molecular formula is C13H16Cl2O3S. The van der Waals surface area contributed by atoms with Crippen LogP contribution in [0.4, 0.5) is 0 Å². The number of hydrogen-bond donors (Lipinski definition) is 0. The van der Waals surface area contributed by atoms with Crippen molar-refractivity contribution < 1.29 is 13.2 Å². The molecule has 0 heterocycles. The van der Waals surface area contributed by atoms with Crippen LogP contribution in [0.1, 0.15) is 36.5 Å². The van der Waals surface area contributed by atoms with E-state index in [-0.39, 0.29) is 16.3 Å². The second-order valence-corrected chi connectivity index (χ2v) is 7.37. The first-order chi connectivity index (χ1) is 8.85. The third-order valence-electron chi connectivity index (χ3n) is 2.64. The molecule has 3 nitrogen and oxygen atoms in total. The van der Waals surface area contributed by atoms with E-state index >= 15 is 0 Å². The van der Waals surface area contributed by atoms with Crippen LogP contribution in [0.15, 0.2) is 18.2 Å². The lowest BCUT2D eigenvalue weighted by Gasteiger charge is -2.05. The third-order valence-corrected chi connectivity index (χ3v) is 4.80. The second kappa shape index (κ2) is 7.27. The standard InChI is InChI=1S/C13H16Cl2O3S/c1-2-3-4-7-19(17,18)9-13(16)11-6-5-10(14)8-12(11)15/h5-6,8H,2-4,7,9H2,1H3. The fraction of sp³-hybridized carbons (Fsp3) is 0.462. The summed E-state index contributed by atoms with van der Waals surface area (Å²) < 4.78 is 23.6. The number of hydrogen-bond acceptors (Lipinski definition) is 3. The Morgan fingerprint density at radius 1 is 1.21 bits per heavy atom. The highest BCUT2D eigenvalue weighted by atomic mass is 35.5. The molecule has 0 aliphatic carbocycles. The summed E-state index contributed by atoms with van der Waals surface area (Å²) in [7, 11) is -3.37. The van der Waals surface area contributed by atoms with Crippen molar-refractivity contribution in [1.82, 2.24) is 0 Å². The van der Waals surface area contributed by atoms with E-state index in [0.717, 1.165) is 12.8 Å². The van der Waals surface area contributed by atoms with Gasteiger partial charge >= 0.3 is 0 Å². The van der Waals surface area contributed by atoms with Crippen LogP contribution in [0.5, 0.6) is 0 Å². The zero-order valence-electron chi connectivity index (χ0n) is 10.7. The van der Waals surface area contributed by atoms with Gasteiger partial charge in [-0.15, -0.1) is 0 Å². The van der Waals surface area contributed by atoms with Crippen molar-refractivity contribution in [2.75, 3.05) is 11.5 Å². The van der Waals surface area contributed by atoms with E-state index in [1.54, 1.807) is 0 Å². The number of rotatable bonds is 7. The Morgan fingerprint density at radius 3 is 2.47 bits per heavy atom. The molecule has 1 aromatic carbocycles. The monoisotopic (exact) mass is 322 g/mol. The largest absolute Gasteiger partial charge is 0.293 e. The zero-order chi connectivity index (χ0) is 14.5. The van der Waals surface area contributed by atoms with Crippen LogP contribution >= 0.6 is 23.2 Å². The Hall–Kier alpha value is -0.580. The fourth-order valence-corrected chi connectivity index (χ4v) is 3.49. The van der Waals surface area contributed by atoms with Crippen molar-refractivity contribution >= 4 is 38.8 Å². The van der Waals surface area contributed by atoms with E-state index in [4.69, 9.17) is 23.2 Å². The van der Waals surface area contributed by atoms with Crippen molar-refractivity contribution in [2.24, 2.45) is 0 Å². The number of sulfone groups is 1. The molecule has 0 bridgehead atoms. The molecule has 0 amide bonds. The van der Waals surface area contributed by atoms with Gasteiger partial charge in [-0.2, -0.15) is 0 Å². The third kappa shape index (κ3) is 5.51. The normalized spacial score (nSPS) is 11.5. The fourth-order valence-electron chi connectivity index (χ4n) is 1.64. The first-order valence-electron chi connectivity index (χ1n) is 6.04. The van der Waals surface area contributed by atoms with Crippen molar-refractivity contribution in [3.8, 4) is 0 Å². The zero-order valence-corrected chi connectivity index (χ0v) is 13.0. The predicted molar refractivity (Wildman–Crippen MR) is 79.0 cm³/mol. The minimum Gasteiger partial charge on any atom is -0.293 e. The topological polar surface area (TPSA) is 51.2 Å². The number of carbonyl (C=O) groups excluding carboxylic acids is 1. The lowest BCUT2D eigenvalue weighted by Crippen LogP contribution is -2.19. The van der Waals surface area contributed by atoms with E-state index in [2.05, 4.69) is 0 Å². The van der Waals surface area contributed by atoms with Gasteiger partial charge in [-0.25, -0.2) is 8.42 Å². The molecule has 0 spiro atoms. The van der Waals surface area contributed by atoms with E-state index in [0.29, 0.717) is 11.4 Å². The minimum absolute atomic E-state index is 0.0395. The molecule has 0 fully saturated rings. The molecule has 1 aromatic rings. The highest BCUT2D eigenvalue weighted by molar-refractivity contribution is 7.92. The number of benzene rings is 1. The van der Waals surface area contributed by atoms with Crippen LogP contribution < -0.4 is 0 Å². The lowest BCUT2D eigenvalue weighted by molar-refractivity contribution is 0.102. The molecular weight excluding hydrogens is 307 g/mol. The predicted octanol–water partition coefficient (Wildman–Crippen LogP) is 3.78. The highest BCUT2D eigenvalue weighted by Crippen LogP contribution is 2.21. The summed E-state index contributed by atoms with van der Waals surface area (Å²) in [6.45, 7) is 1.99. The Labute approximate surface area is 123 Å². The summed E-state index contributed by atoms with van der Waals surface area (Å²) in [5, 5.41) is 0.591. The van der Waals surface area contributed by atoms with Gasteiger partial charge < -0.3 is 0 Å². The molecule has 0 N–H and O–H groups in total. The highest BCUT2D eigenvalue weighted by Gasteiger charge is 2.19. The molecule has 106 valence electrons. The maximum absolute atomic E-state index is 11.9. The van der Waals surface area contributed by atoms with Crippen LogP contribution in [0, 0.1) is 0 Å². The van der Waals surface area contributed by atoms with Gasteiger partial charge in [-0.3, -0.25) is 4.79 Å². The molecule has 0 aliphatic heterocycles. The summed E-state index contributed by atoms with van der Waals surface area (Å²) in [5.41, 5.74) is 0.199. The number of unbranched alkanes of at least 4 members (excludes halogenated alkanes) is 2. The van der Waals surface area contributed by atoms with Gasteiger partial charge in [0.2, 0.25) is 0 Å². The SMILES string of the molecule is CCCCCS(=O)(=O)CC(=O)c1ccc(Cl)cc1Cl. The molecule has 1 rings (SSSR count). The Morgan fingerprint density at radius 2 is 1.89 bits per heavy atom. The number of Topliss-reactive ketones (excluding diaryl/α,β-unsaturated/α-hetero) is 1. The quantitative estimate of drug-likeness (QED) is 0.567. The molecule has 0 unspecified atom stereocenters. The molecule has 0 saturated carbocycles. The molecule has 6 heteroatoms. The average Bonchev–Trinajstić information content (AvgIpc) is 2.28. The summed E-state index contributed by atoms with van der Waals surface area (Å²) in [6.07, 6.45) is 2.36.